The third-order valence-corrected chi connectivity index (χ3v) is 5.58. The number of rotatable bonds is 4. The van der Waals surface area contributed by atoms with E-state index in [1.807, 2.05) is 0 Å². The van der Waals surface area contributed by atoms with E-state index in [-0.39, 0.29) is 35.4 Å². The van der Waals surface area contributed by atoms with Gasteiger partial charge in [-0.2, -0.15) is 0 Å². The van der Waals surface area contributed by atoms with Crippen LogP contribution in [0.25, 0.3) is 0 Å². The number of ether oxygens (including phenoxy) is 1. The van der Waals surface area contributed by atoms with Gasteiger partial charge in [0.2, 0.25) is 5.91 Å². The van der Waals surface area contributed by atoms with Crippen molar-refractivity contribution < 1.29 is 23.5 Å². The summed E-state index contributed by atoms with van der Waals surface area (Å²) in [6, 6.07) is 5.52. The van der Waals surface area contributed by atoms with E-state index in [0.717, 1.165) is 12.8 Å². The highest BCUT2D eigenvalue weighted by Crippen LogP contribution is 2.25. The molecule has 2 aliphatic rings. The van der Waals surface area contributed by atoms with E-state index in [0.29, 0.717) is 51.2 Å². The van der Waals surface area contributed by atoms with Gasteiger partial charge in [-0.25, -0.2) is 4.39 Å². The summed E-state index contributed by atoms with van der Waals surface area (Å²) >= 11 is 0. The molecule has 0 bridgehead atoms. The van der Waals surface area contributed by atoms with Gasteiger partial charge in [-0.1, -0.05) is 0 Å². The number of halogens is 1. The first-order valence-electron chi connectivity index (χ1n) is 10.00. The molecule has 2 amide bonds. The Labute approximate surface area is 164 Å². The van der Waals surface area contributed by atoms with Gasteiger partial charge in [0.15, 0.2) is 0 Å². The van der Waals surface area contributed by atoms with Gasteiger partial charge >= 0.3 is 5.97 Å². The van der Waals surface area contributed by atoms with Crippen molar-refractivity contribution in [2.75, 3.05) is 32.8 Å². The Balaban J connectivity index is 1.52. The minimum absolute atomic E-state index is 0.0721. The van der Waals surface area contributed by atoms with E-state index < -0.39 is 0 Å². The molecule has 152 valence electrons. The topological polar surface area (TPSA) is 66.9 Å². The van der Waals surface area contributed by atoms with Crippen LogP contribution in [0.1, 0.15) is 43.0 Å². The van der Waals surface area contributed by atoms with Crippen molar-refractivity contribution in [3.05, 3.63) is 35.6 Å². The van der Waals surface area contributed by atoms with Crippen molar-refractivity contribution in [2.24, 2.45) is 11.8 Å². The van der Waals surface area contributed by atoms with Gasteiger partial charge < -0.3 is 14.5 Å². The summed E-state index contributed by atoms with van der Waals surface area (Å²) < 4.78 is 18.1. The number of hydrogen-bond acceptors (Lipinski definition) is 4. The van der Waals surface area contributed by atoms with E-state index in [1.165, 1.54) is 24.3 Å². The first kappa shape index (κ1) is 20.3. The van der Waals surface area contributed by atoms with Crippen molar-refractivity contribution in [2.45, 2.75) is 32.6 Å². The molecule has 1 unspecified atom stereocenters. The highest BCUT2D eigenvalue weighted by Gasteiger charge is 2.34. The lowest BCUT2D eigenvalue weighted by Crippen LogP contribution is -2.48. The predicted molar refractivity (Wildman–Crippen MR) is 101 cm³/mol. The van der Waals surface area contributed by atoms with Crippen LogP contribution in [0.5, 0.6) is 0 Å². The number of carbonyl (C=O) groups excluding carboxylic acids is 3. The zero-order valence-electron chi connectivity index (χ0n) is 16.2. The average Bonchev–Trinajstić information content (AvgIpc) is 2.73. The quantitative estimate of drug-likeness (QED) is 0.741. The van der Waals surface area contributed by atoms with Crippen LogP contribution >= 0.6 is 0 Å². The largest absolute Gasteiger partial charge is 0.466 e. The Hall–Kier alpha value is -2.44. The number of carbonyl (C=O) groups is 3. The SMILES string of the molecule is CCOC(=O)C1CCCN(C(=O)C2CCN(C(=O)c3ccc(F)cc3)CC2)C1. The van der Waals surface area contributed by atoms with Gasteiger partial charge in [0.1, 0.15) is 5.82 Å². The highest BCUT2D eigenvalue weighted by molar-refractivity contribution is 5.94. The zero-order valence-corrected chi connectivity index (χ0v) is 16.2. The summed E-state index contributed by atoms with van der Waals surface area (Å²) in [5, 5.41) is 0. The molecule has 0 saturated carbocycles. The Kier molecular flexibility index (Phi) is 6.65. The number of nitrogens with zero attached hydrogens (tertiary/aromatic N) is 2. The molecule has 0 N–H and O–H groups in total. The maximum absolute atomic E-state index is 13.0. The second-order valence-corrected chi connectivity index (χ2v) is 7.45. The highest BCUT2D eigenvalue weighted by atomic mass is 19.1. The van der Waals surface area contributed by atoms with Gasteiger partial charge in [-0.15, -0.1) is 0 Å². The van der Waals surface area contributed by atoms with Gasteiger partial charge in [0, 0.05) is 37.7 Å². The second-order valence-electron chi connectivity index (χ2n) is 7.45. The van der Waals surface area contributed by atoms with E-state index in [4.69, 9.17) is 4.74 Å². The minimum Gasteiger partial charge on any atom is -0.466 e. The molecular weight excluding hydrogens is 363 g/mol. The summed E-state index contributed by atoms with van der Waals surface area (Å²) in [5.41, 5.74) is 0.458. The van der Waals surface area contributed by atoms with E-state index in [1.54, 1.807) is 16.7 Å². The Morgan fingerprint density at radius 2 is 1.68 bits per heavy atom. The fraction of sp³-hybridized carbons (Fsp3) is 0.571. The Bertz CT molecular complexity index is 714. The lowest BCUT2D eigenvalue weighted by atomic mass is 9.92. The third kappa shape index (κ3) is 4.69. The van der Waals surface area contributed by atoms with Gasteiger partial charge in [0.05, 0.1) is 12.5 Å². The number of piperidine rings is 2. The van der Waals surface area contributed by atoms with Crippen LogP contribution in [-0.4, -0.2) is 60.4 Å². The molecule has 28 heavy (non-hydrogen) atoms. The molecule has 0 spiro atoms. The van der Waals surface area contributed by atoms with Crippen LogP contribution in [0.15, 0.2) is 24.3 Å². The molecule has 2 saturated heterocycles. The molecule has 2 aliphatic heterocycles. The molecule has 6 nitrogen and oxygen atoms in total. The maximum Gasteiger partial charge on any atom is 0.310 e. The number of hydrogen-bond donors (Lipinski definition) is 0. The minimum atomic E-state index is -0.372. The molecule has 2 heterocycles. The molecular formula is C21H27FN2O4. The van der Waals surface area contributed by atoms with E-state index in [9.17, 15) is 18.8 Å². The maximum atomic E-state index is 13.0. The molecule has 3 rings (SSSR count). The normalized spacial score (nSPS) is 20.7. The second kappa shape index (κ2) is 9.17. The van der Waals surface area contributed by atoms with Crippen LogP contribution < -0.4 is 0 Å². The van der Waals surface area contributed by atoms with Crippen molar-refractivity contribution >= 4 is 17.8 Å². The summed E-state index contributed by atoms with van der Waals surface area (Å²) in [5.74, 6) is -1.02. The van der Waals surface area contributed by atoms with Gasteiger partial charge in [-0.05, 0) is 56.9 Å². The van der Waals surface area contributed by atoms with Crippen LogP contribution in [0.3, 0.4) is 0 Å². The number of likely N-dealkylation sites (tertiary alicyclic amines) is 2. The van der Waals surface area contributed by atoms with Crippen molar-refractivity contribution in [1.29, 1.82) is 0 Å². The van der Waals surface area contributed by atoms with Gasteiger partial charge in [0.25, 0.3) is 5.91 Å². The smallest absolute Gasteiger partial charge is 0.310 e. The number of amides is 2. The Morgan fingerprint density at radius 1 is 1.00 bits per heavy atom. The van der Waals surface area contributed by atoms with Gasteiger partial charge in [-0.3, -0.25) is 14.4 Å². The lowest BCUT2D eigenvalue weighted by molar-refractivity contribution is -0.152. The first-order valence-corrected chi connectivity index (χ1v) is 10.00. The van der Waals surface area contributed by atoms with Crippen LogP contribution in [0, 0.1) is 17.7 Å². The van der Waals surface area contributed by atoms with Crippen LogP contribution in [-0.2, 0) is 14.3 Å². The molecule has 1 atom stereocenters. The molecule has 1 aromatic carbocycles. The summed E-state index contributed by atoms with van der Waals surface area (Å²) in [7, 11) is 0. The van der Waals surface area contributed by atoms with Crippen molar-refractivity contribution in [3.8, 4) is 0 Å². The number of benzene rings is 1. The fourth-order valence-corrected chi connectivity index (χ4v) is 3.99. The monoisotopic (exact) mass is 390 g/mol. The van der Waals surface area contributed by atoms with Crippen LogP contribution in [0.2, 0.25) is 0 Å². The van der Waals surface area contributed by atoms with Crippen LogP contribution in [0.4, 0.5) is 4.39 Å². The third-order valence-electron chi connectivity index (χ3n) is 5.58. The summed E-state index contributed by atoms with van der Waals surface area (Å²) in [6.07, 6.45) is 2.77. The molecule has 0 radical (unpaired) electrons. The van der Waals surface area contributed by atoms with Crippen molar-refractivity contribution in [1.82, 2.24) is 9.80 Å². The number of esters is 1. The summed E-state index contributed by atoms with van der Waals surface area (Å²) in [4.78, 5) is 40.9. The fourth-order valence-electron chi connectivity index (χ4n) is 3.99. The molecule has 0 aliphatic carbocycles. The first-order chi connectivity index (χ1) is 13.5. The Morgan fingerprint density at radius 3 is 2.32 bits per heavy atom. The van der Waals surface area contributed by atoms with E-state index in [2.05, 4.69) is 0 Å². The van der Waals surface area contributed by atoms with Crippen molar-refractivity contribution in [3.63, 3.8) is 0 Å². The summed E-state index contributed by atoms with van der Waals surface area (Å²) in [6.45, 7) is 4.23. The zero-order chi connectivity index (χ0) is 20.1. The standard InChI is InChI=1S/C21H27FN2O4/c1-2-28-21(27)17-4-3-11-24(14-17)20(26)16-9-12-23(13-10-16)19(25)15-5-7-18(22)8-6-15/h5-8,16-17H,2-4,9-14H2,1H3. The predicted octanol–water partition coefficient (Wildman–Crippen LogP) is 2.48. The molecule has 0 aromatic heterocycles. The lowest BCUT2D eigenvalue weighted by Gasteiger charge is -2.37. The average molecular weight is 390 g/mol. The molecule has 2 fully saturated rings. The molecule has 7 heteroatoms. The van der Waals surface area contributed by atoms with E-state index >= 15 is 0 Å². The molecule has 1 aromatic rings.